The number of rotatable bonds is 3. The lowest BCUT2D eigenvalue weighted by molar-refractivity contribution is -0.157. The molecule has 148 valence electrons. The Hall–Kier alpha value is -3.39. The molecule has 4 heterocycles. The van der Waals surface area contributed by atoms with Gasteiger partial charge in [-0.25, -0.2) is 4.79 Å². The van der Waals surface area contributed by atoms with Gasteiger partial charge in [0.15, 0.2) is 6.10 Å². The summed E-state index contributed by atoms with van der Waals surface area (Å²) in [6.07, 6.45) is -0.715. The molecule has 0 amide bonds. The van der Waals surface area contributed by atoms with Crippen LogP contribution in [0, 0.1) is 0 Å². The second kappa shape index (κ2) is 6.31. The molecule has 3 aliphatic heterocycles. The van der Waals surface area contributed by atoms with Gasteiger partial charge in [0.1, 0.15) is 12.4 Å². The number of aliphatic hydroxyl groups is 1. The van der Waals surface area contributed by atoms with Crippen molar-refractivity contribution in [1.82, 2.24) is 4.57 Å². The normalized spacial score (nSPS) is 21.4. The summed E-state index contributed by atoms with van der Waals surface area (Å²) < 4.78 is 11.6. The van der Waals surface area contributed by atoms with E-state index >= 15 is 0 Å². The van der Waals surface area contributed by atoms with Gasteiger partial charge in [-0.05, 0) is 41.8 Å². The van der Waals surface area contributed by atoms with Crippen molar-refractivity contribution in [2.45, 2.75) is 38.6 Å². The summed E-state index contributed by atoms with van der Waals surface area (Å²) in [6.45, 7) is 2.71. The lowest BCUT2D eigenvalue weighted by atomic mass is 9.88. The predicted octanol–water partition coefficient (Wildman–Crippen LogP) is 1.82. The van der Waals surface area contributed by atoms with Crippen molar-refractivity contribution in [3.8, 4) is 5.75 Å². The van der Waals surface area contributed by atoms with Gasteiger partial charge < -0.3 is 24.5 Å². The molecule has 0 fully saturated rings. The van der Waals surface area contributed by atoms with Gasteiger partial charge >= 0.3 is 5.97 Å². The summed E-state index contributed by atoms with van der Waals surface area (Å²) in [5, 5.41) is 13.7. The molecular formula is C21H18N2O6. The number of nitrogens with zero attached hydrogens (tertiary/aromatic N) is 1. The molecule has 0 radical (unpaired) electrons. The lowest BCUT2D eigenvalue weighted by Gasteiger charge is -2.28. The van der Waals surface area contributed by atoms with E-state index in [0.29, 0.717) is 35.6 Å². The van der Waals surface area contributed by atoms with Crippen LogP contribution in [0.4, 0.5) is 5.69 Å². The highest BCUT2D eigenvalue weighted by molar-refractivity contribution is 5.85. The third-order valence-electron chi connectivity index (χ3n) is 5.86. The molecule has 1 unspecified atom stereocenters. The van der Waals surface area contributed by atoms with Crippen LogP contribution < -0.4 is 15.6 Å². The van der Waals surface area contributed by atoms with E-state index in [-0.39, 0.29) is 18.2 Å². The standard InChI is InChI=1S/C21H18N2O6/c1-2-11-12-5-10(29-9-24)3-4-16(12)22-18-14(11)7-23-17(18)6-13-15(20(23)26)8-28-21(27)19(13)25/h3-6,9,18-19,22,25H,2,7-8H2,1H3/t18?,19-/m0/s1. The van der Waals surface area contributed by atoms with E-state index in [4.69, 9.17) is 9.47 Å². The van der Waals surface area contributed by atoms with Crippen LogP contribution in [0.3, 0.4) is 0 Å². The second-order valence-electron chi connectivity index (χ2n) is 7.26. The van der Waals surface area contributed by atoms with Crippen LogP contribution >= 0.6 is 0 Å². The number of carbonyl (C=O) groups excluding carboxylic acids is 2. The van der Waals surface area contributed by atoms with Crippen LogP contribution in [-0.2, 0) is 27.5 Å². The van der Waals surface area contributed by atoms with Gasteiger partial charge in [0.2, 0.25) is 0 Å². The highest BCUT2D eigenvalue weighted by Gasteiger charge is 2.38. The SMILES string of the molecule is CCC1=C2Cn3c(cc4c(c3=O)COC(=O)[C@H]4O)C2Nc2ccc(OC=O)cc21. The van der Waals surface area contributed by atoms with Crippen molar-refractivity contribution in [2.75, 3.05) is 5.32 Å². The number of allylic oxidation sites excluding steroid dienone is 1. The van der Waals surface area contributed by atoms with Crippen molar-refractivity contribution in [3.05, 3.63) is 62.6 Å². The van der Waals surface area contributed by atoms with E-state index in [1.165, 1.54) is 0 Å². The summed E-state index contributed by atoms with van der Waals surface area (Å²) in [5.41, 5.74) is 5.02. The number of carbonyl (C=O) groups is 2. The summed E-state index contributed by atoms with van der Waals surface area (Å²) in [5.74, 6) is -0.290. The molecule has 2 N–H and O–H groups in total. The molecule has 2 aromatic rings. The number of pyridine rings is 1. The van der Waals surface area contributed by atoms with Gasteiger partial charge in [-0.3, -0.25) is 9.59 Å². The molecule has 3 aliphatic rings. The number of aliphatic hydroxyl groups excluding tert-OH is 1. The highest BCUT2D eigenvalue weighted by Crippen LogP contribution is 2.46. The maximum Gasteiger partial charge on any atom is 0.340 e. The van der Waals surface area contributed by atoms with Gasteiger partial charge in [-0.1, -0.05) is 6.92 Å². The number of cyclic esters (lactones) is 1. The van der Waals surface area contributed by atoms with Gasteiger partial charge in [-0.2, -0.15) is 0 Å². The van der Waals surface area contributed by atoms with E-state index < -0.39 is 12.1 Å². The zero-order valence-electron chi connectivity index (χ0n) is 15.6. The third kappa shape index (κ3) is 2.45. The van der Waals surface area contributed by atoms with Crippen LogP contribution in [0.1, 0.15) is 47.9 Å². The van der Waals surface area contributed by atoms with Gasteiger partial charge in [0, 0.05) is 29.1 Å². The van der Waals surface area contributed by atoms with E-state index in [1.54, 1.807) is 16.7 Å². The first-order valence-corrected chi connectivity index (χ1v) is 9.37. The highest BCUT2D eigenvalue weighted by atomic mass is 16.5. The first kappa shape index (κ1) is 17.7. The maximum absolute atomic E-state index is 13.1. The van der Waals surface area contributed by atoms with Crippen LogP contribution in [-0.4, -0.2) is 22.1 Å². The van der Waals surface area contributed by atoms with Crippen molar-refractivity contribution < 1.29 is 24.2 Å². The minimum absolute atomic E-state index is 0.130. The Bertz CT molecular complexity index is 1160. The molecule has 8 heteroatoms. The van der Waals surface area contributed by atoms with E-state index in [9.17, 15) is 19.5 Å². The van der Waals surface area contributed by atoms with Crippen molar-refractivity contribution in [3.63, 3.8) is 0 Å². The maximum atomic E-state index is 13.1. The van der Waals surface area contributed by atoms with Crippen LogP contribution in [0.15, 0.2) is 34.6 Å². The minimum atomic E-state index is -1.45. The Morgan fingerprint density at radius 3 is 2.93 bits per heavy atom. The third-order valence-corrected chi connectivity index (χ3v) is 5.86. The topological polar surface area (TPSA) is 107 Å². The number of ether oxygens (including phenoxy) is 2. The smallest absolute Gasteiger partial charge is 0.340 e. The van der Waals surface area contributed by atoms with E-state index in [2.05, 4.69) is 5.32 Å². The molecule has 0 spiro atoms. The second-order valence-corrected chi connectivity index (χ2v) is 7.26. The van der Waals surface area contributed by atoms with Gasteiger partial charge in [0.25, 0.3) is 12.0 Å². The molecule has 8 nitrogen and oxygen atoms in total. The largest absolute Gasteiger partial charge is 0.458 e. The van der Waals surface area contributed by atoms with Gasteiger partial charge in [-0.15, -0.1) is 0 Å². The molecule has 0 bridgehead atoms. The Labute approximate surface area is 165 Å². The lowest BCUT2D eigenvalue weighted by Crippen LogP contribution is -2.33. The monoisotopic (exact) mass is 394 g/mol. The number of hydrogen-bond acceptors (Lipinski definition) is 7. The van der Waals surface area contributed by atoms with Crippen LogP contribution in [0.2, 0.25) is 0 Å². The number of nitrogens with one attached hydrogen (secondary N) is 1. The zero-order valence-corrected chi connectivity index (χ0v) is 15.6. The molecule has 2 atom stereocenters. The molecule has 1 aromatic carbocycles. The number of anilines is 1. The molecule has 0 aliphatic carbocycles. The van der Waals surface area contributed by atoms with Crippen molar-refractivity contribution >= 4 is 23.7 Å². The van der Waals surface area contributed by atoms with Crippen LogP contribution in [0.25, 0.3) is 5.57 Å². The Balaban J connectivity index is 1.68. The number of fused-ring (bicyclic) bond motifs is 5. The Kier molecular flexibility index (Phi) is 3.85. The molecule has 0 saturated carbocycles. The zero-order chi connectivity index (χ0) is 20.3. The number of hydrogen-bond donors (Lipinski definition) is 2. The summed E-state index contributed by atoms with van der Waals surface area (Å²) >= 11 is 0. The van der Waals surface area contributed by atoms with E-state index in [0.717, 1.165) is 28.8 Å². The molecule has 0 saturated heterocycles. The molecular weight excluding hydrogens is 376 g/mol. The summed E-state index contributed by atoms with van der Waals surface area (Å²) in [7, 11) is 0. The average molecular weight is 394 g/mol. The Morgan fingerprint density at radius 1 is 1.34 bits per heavy atom. The first-order chi connectivity index (χ1) is 14.0. The average Bonchev–Trinajstić information content (AvgIpc) is 3.08. The van der Waals surface area contributed by atoms with Gasteiger partial charge in [0.05, 0.1) is 11.6 Å². The molecule has 1 aromatic heterocycles. The fourth-order valence-electron chi connectivity index (χ4n) is 4.51. The van der Waals surface area contributed by atoms with Crippen molar-refractivity contribution in [2.24, 2.45) is 0 Å². The Morgan fingerprint density at radius 2 is 2.17 bits per heavy atom. The number of esters is 1. The number of benzene rings is 1. The summed E-state index contributed by atoms with van der Waals surface area (Å²) in [6, 6.07) is 6.85. The fourth-order valence-corrected chi connectivity index (χ4v) is 4.51. The van der Waals surface area contributed by atoms with Crippen LogP contribution in [0.5, 0.6) is 5.75 Å². The first-order valence-electron chi connectivity index (χ1n) is 9.37. The van der Waals surface area contributed by atoms with E-state index in [1.807, 2.05) is 19.1 Å². The minimum Gasteiger partial charge on any atom is -0.458 e. The summed E-state index contributed by atoms with van der Waals surface area (Å²) in [4.78, 5) is 35.5. The number of aromatic nitrogens is 1. The quantitative estimate of drug-likeness (QED) is 0.604. The molecule has 5 rings (SSSR count). The van der Waals surface area contributed by atoms with Crippen molar-refractivity contribution in [1.29, 1.82) is 0 Å². The fraction of sp³-hybridized carbons (Fsp3) is 0.286. The molecule has 29 heavy (non-hydrogen) atoms. The predicted molar refractivity (Wildman–Crippen MR) is 102 cm³/mol.